The number of nitrogens with one attached hydrogen (secondary N) is 1. The van der Waals surface area contributed by atoms with E-state index in [2.05, 4.69) is 20.3 Å². The van der Waals surface area contributed by atoms with Gasteiger partial charge < -0.3 is 9.88 Å². The zero-order chi connectivity index (χ0) is 12.5. The van der Waals surface area contributed by atoms with Crippen LogP contribution < -0.4 is 5.32 Å². The van der Waals surface area contributed by atoms with Crippen LogP contribution >= 0.6 is 11.6 Å². The molecule has 5 nitrogen and oxygen atoms in total. The maximum atomic E-state index is 5.97. The first-order chi connectivity index (χ1) is 8.74. The maximum Gasteiger partial charge on any atom is 0.226 e. The number of nitrogens with zero attached hydrogens (tertiary/aromatic N) is 4. The van der Waals surface area contributed by atoms with Crippen molar-refractivity contribution in [3.05, 3.63) is 11.6 Å². The molecule has 1 saturated carbocycles. The Morgan fingerprint density at radius 2 is 2.06 bits per heavy atom. The third-order valence-corrected chi connectivity index (χ3v) is 3.65. The molecule has 0 amide bonds. The predicted molar refractivity (Wildman–Crippen MR) is 71.8 cm³/mol. The normalized spacial score (nSPS) is 17.2. The molecule has 1 N–H and O–H groups in total. The lowest BCUT2D eigenvalue weighted by molar-refractivity contribution is 0.462. The fraction of sp³-hybridized carbons (Fsp3) is 0.583. The number of anilines is 1. The van der Waals surface area contributed by atoms with Gasteiger partial charge in [-0.15, -0.1) is 0 Å². The molecule has 0 saturated heterocycles. The Kier molecular flexibility index (Phi) is 3.07. The van der Waals surface area contributed by atoms with E-state index in [1.165, 1.54) is 32.1 Å². The smallest absolute Gasteiger partial charge is 0.226 e. The Hall–Kier alpha value is -1.36. The summed E-state index contributed by atoms with van der Waals surface area (Å²) in [6, 6.07) is 0.481. The Bertz CT molecular complexity index is 559. The van der Waals surface area contributed by atoms with Gasteiger partial charge >= 0.3 is 0 Å². The van der Waals surface area contributed by atoms with Crippen molar-refractivity contribution in [2.45, 2.75) is 38.1 Å². The number of hydrogen-bond donors (Lipinski definition) is 1. The molecule has 2 aromatic rings. The van der Waals surface area contributed by atoms with Gasteiger partial charge in [-0.3, -0.25) is 0 Å². The van der Waals surface area contributed by atoms with Crippen molar-refractivity contribution >= 4 is 28.6 Å². The molecule has 6 heteroatoms. The first-order valence-corrected chi connectivity index (χ1v) is 6.73. The molecule has 1 aliphatic carbocycles. The number of imidazole rings is 1. The second-order valence-electron chi connectivity index (χ2n) is 4.85. The summed E-state index contributed by atoms with van der Waals surface area (Å²) in [6.45, 7) is 0. The lowest BCUT2D eigenvalue weighted by Crippen LogP contribution is -2.23. The van der Waals surface area contributed by atoms with Crippen LogP contribution in [0.1, 0.15) is 32.1 Å². The van der Waals surface area contributed by atoms with E-state index in [1.54, 1.807) is 6.33 Å². The van der Waals surface area contributed by atoms with E-state index in [4.69, 9.17) is 11.6 Å². The van der Waals surface area contributed by atoms with Gasteiger partial charge in [-0.05, 0) is 24.4 Å². The van der Waals surface area contributed by atoms with Gasteiger partial charge in [-0.2, -0.15) is 9.97 Å². The van der Waals surface area contributed by atoms with Crippen molar-refractivity contribution in [1.29, 1.82) is 0 Å². The van der Waals surface area contributed by atoms with Crippen LogP contribution in [-0.4, -0.2) is 25.6 Å². The van der Waals surface area contributed by atoms with Gasteiger partial charge in [0.1, 0.15) is 0 Å². The van der Waals surface area contributed by atoms with Gasteiger partial charge in [-0.1, -0.05) is 19.3 Å². The minimum atomic E-state index is 0.268. The minimum absolute atomic E-state index is 0.268. The van der Waals surface area contributed by atoms with Crippen molar-refractivity contribution in [1.82, 2.24) is 19.5 Å². The highest BCUT2D eigenvalue weighted by atomic mass is 35.5. The average molecular weight is 266 g/mol. The number of fused-ring (bicyclic) bond motifs is 1. The molecule has 96 valence electrons. The van der Waals surface area contributed by atoms with E-state index < -0.39 is 0 Å². The van der Waals surface area contributed by atoms with E-state index in [0.717, 1.165) is 17.0 Å². The monoisotopic (exact) mass is 265 g/mol. The van der Waals surface area contributed by atoms with Crippen LogP contribution in [0.4, 0.5) is 5.82 Å². The largest absolute Gasteiger partial charge is 0.365 e. The first kappa shape index (κ1) is 11.7. The van der Waals surface area contributed by atoms with Crippen molar-refractivity contribution in [3.63, 3.8) is 0 Å². The van der Waals surface area contributed by atoms with E-state index in [9.17, 15) is 0 Å². The topological polar surface area (TPSA) is 55.6 Å². The fourth-order valence-corrected chi connectivity index (χ4v) is 2.69. The molecule has 1 fully saturated rings. The summed E-state index contributed by atoms with van der Waals surface area (Å²) in [5, 5.41) is 3.73. The van der Waals surface area contributed by atoms with Gasteiger partial charge in [0.2, 0.25) is 5.28 Å². The molecular weight excluding hydrogens is 250 g/mol. The summed E-state index contributed by atoms with van der Waals surface area (Å²) in [5.41, 5.74) is 1.57. The molecule has 0 bridgehead atoms. The standard InChI is InChI=1S/C12H16ClN5/c1-18-7-14-9-10(16-12(13)17-11(9)18)15-8-5-3-2-4-6-8/h7-8H,2-6H2,1H3,(H,15,16,17). The molecule has 0 spiro atoms. The third kappa shape index (κ3) is 2.14. The zero-order valence-corrected chi connectivity index (χ0v) is 11.1. The van der Waals surface area contributed by atoms with Gasteiger partial charge in [0.05, 0.1) is 6.33 Å². The average Bonchev–Trinajstić information content (AvgIpc) is 2.73. The Balaban J connectivity index is 1.94. The van der Waals surface area contributed by atoms with Crippen LogP contribution in [0.3, 0.4) is 0 Å². The van der Waals surface area contributed by atoms with E-state index in [-0.39, 0.29) is 5.28 Å². The molecule has 0 unspecified atom stereocenters. The summed E-state index contributed by atoms with van der Waals surface area (Å²) in [4.78, 5) is 12.8. The maximum absolute atomic E-state index is 5.97. The quantitative estimate of drug-likeness (QED) is 0.849. The molecule has 3 rings (SSSR count). The molecular formula is C12H16ClN5. The summed E-state index contributed by atoms with van der Waals surface area (Å²) >= 11 is 5.97. The van der Waals surface area contributed by atoms with Crippen LogP contribution in [0.25, 0.3) is 11.2 Å². The van der Waals surface area contributed by atoms with Gasteiger partial charge in [0.25, 0.3) is 0 Å². The Morgan fingerprint density at radius 3 is 2.83 bits per heavy atom. The molecule has 0 atom stereocenters. The molecule has 0 aliphatic heterocycles. The Morgan fingerprint density at radius 1 is 1.28 bits per heavy atom. The van der Waals surface area contributed by atoms with Crippen molar-refractivity contribution in [2.24, 2.45) is 7.05 Å². The van der Waals surface area contributed by atoms with E-state index in [1.807, 2.05) is 11.6 Å². The summed E-state index contributed by atoms with van der Waals surface area (Å²) < 4.78 is 1.86. The number of hydrogen-bond acceptors (Lipinski definition) is 4. The van der Waals surface area contributed by atoms with Crippen LogP contribution in [0, 0.1) is 0 Å². The van der Waals surface area contributed by atoms with Crippen LogP contribution in [0.5, 0.6) is 0 Å². The highest BCUT2D eigenvalue weighted by molar-refractivity contribution is 6.28. The molecule has 0 aromatic carbocycles. The van der Waals surface area contributed by atoms with Crippen LogP contribution in [0.15, 0.2) is 6.33 Å². The first-order valence-electron chi connectivity index (χ1n) is 6.35. The highest BCUT2D eigenvalue weighted by Gasteiger charge is 2.17. The lowest BCUT2D eigenvalue weighted by atomic mass is 9.95. The SMILES string of the molecule is Cn1cnc2c(NC3CCCCC3)nc(Cl)nc21. The van der Waals surface area contributed by atoms with Crippen molar-refractivity contribution in [3.8, 4) is 0 Å². The molecule has 2 heterocycles. The fourth-order valence-electron chi connectivity index (χ4n) is 2.52. The lowest BCUT2D eigenvalue weighted by Gasteiger charge is -2.23. The second kappa shape index (κ2) is 4.72. The molecule has 1 aliphatic rings. The van der Waals surface area contributed by atoms with Crippen LogP contribution in [0.2, 0.25) is 5.28 Å². The second-order valence-corrected chi connectivity index (χ2v) is 5.19. The molecule has 2 aromatic heterocycles. The zero-order valence-electron chi connectivity index (χ0n) is 10.4. The minimum Gasteiger partial charge on any atom is -0.365 e. The van der Waals surface area contributed by atoms with E-state index >= 15 is 0 Å². The van der Waals surface area contributed by atoms with Crippen molar-refractivity contribution in [2.75, 3.05) is 5.32 Å². The van der Waals surface area contributed by atoms with E-state index in [0.29, 0.717) is 6.04 Å². The third-order valence-electron chi connectivity index (χ3n) is 3.48. The van der Waals surface area contributed by atoms with Gasteiger partial charge in [0.15, 0.2) is 17.0 Å². The summed E-state index contributed by atoms with van der Waals surface area (Å²) in [7, 11) is 1.91. The Labute approximate surface area is 111 Å². The number of rotatable bonds is 2. The van der Waals surface area contributed by atoms with Crippen molar-refractivity contribution < 1.29 is 0 Å². The van der Waals surface area contributed by atoms with Crippen LogP contribution in [-0.2, 0) is 7.05 Å². The predicted octanol–water partition coefficient (Wildman–Crippen LogP) is 2.76. The number of aryl methyl sites for hydroxylation is 1. The van der Waals surface area contributed by atoms with Gasteiger partial charge in [-0.25, -0.2) is 4.98 Å². The van der Waals surface area contributed by atoms with Gasteiger partial charge in [0, 0.05) is 13.1 Å². The summed E-state index contributed by atoms with van der Waals surface area (Å²) in [5.74, 6) is 0.762. The number of halogens is 1. The number of aromatic nitrogens is 4. The molecule has 0 radical (unpaired) electrons. The molecule has 18 heavy (non-hydrogen) atoms. The summed E-state index contributed by atoms with van der Waals surface area (Å²) in [6.07, 6.45) is 8.01. The highest BCUT2D eigenvalue weighted by Crippen LogP contribution is 2.25.